The van der Waals surface area contributed by atoms with Crippen molar-refractivity contribution in [1.82, 2.24) is 5.32 Å². The highest BCUT2D eigenvalue weighted by Gasteiger charge is 2.31. The lowest BCUT2D eigenvalue weighted by atomic mass is 10.1. The van der Waals surface area contributed by atoms with E-state index in [0.29, 0.717) is 29.0 Å². The molecule has 2 aromatic rings. The Bertz CT molecular complexity index is 909. The quantitative estimate of drug-likeness (QED) is 0.673. The number of carbonyl (C=O) groups excluding carboxylic acids is 2. The van der Waals surface area contributed by atoms with Crippen molar-refractivity contribution < 1.29 is 32.2 Å². The van der Waals surface area contributed by atoms with Crippen LogP contribution in [0.1, 0.15) is 35.2 Å². The summed E-state index contributed by atoms with van der Waals surface area (Å²) in [4.78, 5) is 24.8. The Labute approximate surface area is 171 Å². The van der Waals surface area contributed by atoms with Crippen LogP contribution < -0.4 is 20.1 Å². The van der Waals surface area contributed by atoms with E-state index >= 15 is 0 Å². The van der Waals surface area contributed by atoms with Crippen molar-refractivity contribution in [2.45, 2.75) is 38.1 Å². The lowest BCUT2D eigenvalue weighted by Crippen LogP contribution is -2.27. The number of ether oxygens (including phenoxy) is 2. The van der Waals surface area contributed by atoms with E-state index in [1.165, 1.54) is 31.4 Å². The Balaban J connectivity index is 1.59. The van der Waals surface area contributed by atoms with E-state index in [2.05, 4.69) is 15.4 Å². The number of amides is 2. The van der Waals surface area contributed by atoms with Gasteiger partial charge in [0.15, 0.2) is 0 Å². The topological polar surface area (TPSA) is 76.7 Å². The van der Waals surface area contributed by atoms with E-state index in [9.17, 15) is 22.8 Å². The number of carbonyl (C=O) groups is 2. The van der Waals surface area contributed by atoms with E-state index in [4.69, 9.17) is 4.74 Å². The Morgan fingerprint density at radius 3 is 2.33 bits per heavy atom. The number of aryl methyl sites for hydroxylation is 1. The molecule has 0 unspecified atom stereocenters. The van der Waals surface area contributed by atoms with Crippen LogP contribution in [0.25, 0.3) is 0 Å². The number of hydrogen-bond acceptors (Lipinski definition) is 4. The normalized spacial score (nSPS) is 13.5. The van der Waals surface area contributed by atoms with E-state index in [-0.39, 0.29) is 30.0 Å². The second-order valence-corrected chi connectivity index (χ2v) is 6.90. The minimum atomic E-state index is -4.75. The Morgan fingerprint density at radius 2 is 1.73 bits per heavy atom. The first-order chi connectivity index (χ1) is 14.2. The van der Waals surface area contributed by atoms with Crippen LogP contribution in [0.5, 0.6) is 11.5 Å². The molecule has 0 spiro atoms. The second kappa shape index (κ2) is 9.06. The molecular formula is C21H21F3N2O4. The number of methoxy groups -OCH3 is 1. The van der Waals surface area contributed by atoms with Gasteiger partial charge in [-0.3, -0.25) is 9.59 Å². The van der Waals surface area contributed by atoms with Gasteiger partial charge in [-0.15, -0.1) is 13.2 Å². The number of benzene rings is 2. The average molecular weight is 422 g/mol. The third kappa shape index (κ3) is 6.40. The molecule has 160 valence electrons. The van der Waals surface area contributed by atoms with E-state index in [0.717, 1.165) is 12.8 Å². The van der Waals surface area contributed by atoms with Crippen LogP contribution in [0.15, 0.2) is 42.5 Å². The van der Waals surface area contributed by atoms with Crippen molar-refractivity contribution in [3.05, 3.63) is 53.6 Å². The van der Waals surface area contributed by atoms with Crippen LogP contribution in [0, 0.1) is 0 Å². The summed E-state index contributed by atoms with van der Waals surface area (Å²) >= 11 is 0. The zero-order valence-electron chi connectivity index (χ0n) is 16.2. The molecule has 0 aromatic heterocycles. The third-order valence-corrected chi connectivity index (χ3v) is 4.46. The molecular weight excluding hydrogens is 401 g/mol. The van der Waals surface area contributed by atoms with Crippen molar-refractivity contribution >= 4 is 17.5 Å². The summed E-state index contributed by atoms with van der Waals surface area (Å²) in [6.45, 7) is 0. The van der Waals surface area contributed by atoms with Gasteiger partial charge in [-0.05, 0) is 55.2 Å². The largest absolute Gasteiger partial charge is 0.573 e. The molecule has 1 aliphatic rings. The highest BCUT2D eigenvalue weighted by atomic mass is 19.4. The number of halogens is 3. The van der Waals surface area contributed by atoms with Gasteiger partial charge in [0.05, 0.1) is 18.4 Å². The highest BCUT2D eigenvalue weighted by molar-refractivity contribution is 6.04. The van der Waals surface area contributed by atoms with Crippen molar-refractivity contribution in [1.29, 1.82) is 0 Å². The smallest absolute Gasteiger partial charge is 0.497 e. The lowest BCUT2D eigenvalue weighted by molar-refractivity contribution is -0.274. The summed E-state index contributed by atoms with van der Waals surface area (Å²) < 4.78 is 45.6. The molecule has 2 amide bonds. The number of rotatable bonds is 8. The molecule has 2 N–H and O–H groups in total. The molecule has 3 rings (SSSR count). The number of hydrogen-bond donors (Lipinski definition) is 2. The van der Waals surface area contributed by atoms with Crippen molar-refractivity contribution in [3.63, 3.8) is 0 Å². The van der Waals surface area contributed by atoms with Gasteiger partial charge in [0.2, 0.25) is 5.91 Å². The first kappa shape index (κ1) is 21.5. The molecule has 0 heterocycles. The molecule has 6 nitrogen and oxygen atoms in total. The van der Waals surface area contributed by atoms with Crippen LogP contribution in [0.4, 0.5) is 18.9 Å². The second-order valence-electron chi connectivity index (χ2n) is 6.90. The van der Waals surface area contributed by atoms with E-state index in [1.807, 2.05) is 0 Å². The van der Waals surface area contributed by atoms with Gasteiger partial charge in [-0.2, -0.15) is 0 Å². The first-order valence-electron chi connectivity index (χ1n) is 9.37. The molecule has 9 heteroatoms. The first-order valence-corrected chi connectivity index (χ1v) is 9.37. The molecule has 0 atom stereocenters. The van der Waals surface area contributed by atoms with Gasteiger partial charge in [0.25, 0.3) is 5.91 Å². The monoisotopic (exact) mass is 422 g/mol. The van der Waals surface area contributed by atoms with Gasteiger partial charge in [0, 0.05) is 12.5 Å². The fourth-order valence-corrected chi connectivity index (χ4v) is 2.77. The standard InChI is InChI=1S/C21H21F3N2O4/c1-29-16-9-10-18(17(12-16)20(28)25-14-5-6-14)26-19(27)11-4-13-2-7-15(8-3-13)30-21(22,23)24/h2-3,7-10,12,14H,4-6,11H2,1H3,(H,25,28)(H,26,27). The molecule has 1 fully saturated rings. The minimum absolute atomic E-state index is 0.0924. The Kier molecular flexibility index (Phi) is 6.49. The maximum atomic E-state index is 12.5. The molecule has 2 aromatic carbocycles. The molecule has 0 bridgehead atoms. The van der Waals surface area contributed by atoms with Gasteiger partial charge >= 0.3 is 6.36 Å². The molecule has 0 aliphatic heterocycles. The van der Waals surface area contributed by atoms with E-state index < -0.39 is 6.36 Å². The van der Waals surface area contributed by atoms with Crippen LogP contribution >= 0.6 is 0 Å². The van der Waals surface area contributed by atoms with Gasteiger partial charge in [-0.1, -0.05) is 12.1 Å². The molecule has 30 heavy (non-hydrogen) atoms. The SMILES string of the molecule is COc1ccc(NC(=O)CCc2ccc(OC(F)(F)F)cc2)c(C(=O)NC2CC2)c1. The van der Waals surface area contributed by atoms with E-state index in [1.54, 1.807) is 18.2 Å². The zero-order chi connectivity index (χ0) is 21.7. The number of alkyl halides is 3. The average Bonchev–Trinajstić information content (AvgIpc) is 3.50. The lowest BCUT2D eigenvalue weighted by Gasteiger charge is -2.13. The van der Waals surface area contributed by atoms with Crippen LogP contribution in [-0.4, -0.2) is 31.3 Å². The molecule has 0 radical (unpaired) electrons. The van der Waals surface area contributed by atoms with Crippen molar-refractivity contribution in [2.75, 3.05) is 12.4 Å². The maximum absolute atomic E-state index is 12.5. The van der Waals surface area contributed by atoms with Crippen LogP contribution in [-0.2, 0) is 11.2 Å². The van der Waals surface area contributed by atoms with Gasteiger partial charge in [0.1, 0.15) is 11.5 Å². The van der Waals surface area contributed by atoms with Crippen molar-refractivity contribution in [2.24, 2.45) is 0 Å². The molecule has 0 saturated heterocycles. The predicted molar refractivity (Wildman–Crippen MR) is 104 cm³/mol. The summed E-state index contributed by atoms with van der Waals surface area (Å²) in [5, 5.41) is 5.60. The minimum Gasteiger partial charge on any atom is -0.497 e. The van der Waals surface area contributed by atoms with Crippen LogP contribution in [0.3, 0.4) is 0 Å². The van der Waals surface area contributed by atoms with Gasteiger partial charge < -0.3 is 20.1 Å². The zero-order valence-corrected chi connectivity index (χ0v) is 16.2. The summed E-state index contributed by atoms with van der Waals surface area (Å²) in [5.41, 5.74) is 1.36. The summed E-state index contributed by atoms with van der Waals surface area (Å²) in [5.74, 6) is -0.432. The number of nitrogens with one attached hydrogen (secondary N) is 2. The van der Waals surface area contributed by atoms with Gasteiger partial charge in [-0.25, -0.2) is 0 Å². The summed E-state index contributed by atoms with van der Waals surface area (Å²) in [6.07, 6.45) is -2.47. The number of anilines is 1. The fourth-order valence-electron chi connectivity index (χ4n) is 2.77. The van der Waals surface area contributed by atoms with Crippen LogP contribution in [0.2, 0.25) is 0 Å². The molecule has 1 aliphatic carbocycles. The Morgan fingerprint density at radius 1 is 1.07 bits per heavy atom. The summed E-state index contributed by atoms with van der Waals surface area (Å²) in [7, 11) is 1.49. The summed E-state index contributed by atoms with van der Waals surface area (Å²) in [6, 6.07) is 10.3. The predicted octanol–water partition coefficient (Wildman–Crippen LogP) is 4.06. The third-order valence-electron chi connectivity index (χ3n) is 4.46. The Hall–Kier alpha value is -3.23. The van der Waals surface area contributed by atoms with Crippen molar-refractivity contribution in [3.8, 4) is 11.5 Å². The fraction of sp³-hybridized carbons (Fsp3) is 0.333. The highest BCUT2D eigenvalue weighted by Crippen LogP contribution is 2.26. The molecule has 1 saturated carbocycles. The maximum Gasteiger partial charge on any atom is 0.573 e.